The van der Waals surface area contributed by atoms with Gasteiger partial charge in [-0.05, 0) is 7.05 Å². The Balaban J connectivity index is 1.94. The van der Waals surface area contributed by atoms with E-state index in [2.05, 4.69) is 27.0 Å². The number of aromatic nitrogens is 4. The van der Waals surface area contributed by atoms with Crippen molar-refractivity contribution in [2.24, 2.45) is 7.05 Å². The van der Waals surface area contributed by atoms with Crippen molar-refractivity contribution in [3.63, 3.8) is 0 Å². The van der Waals surface area contributed by atoms with Crippen LogP contribution in [0.2, 0.25) is 0 Å². The highest BCUT2D eigenvalue weighted by molar-refractivity contribution is 5.60. The van der Waals surface area contributed by atoms with Gasteiger partial charge in [0.15, 0.2) is 5.82 Å². The highest BCUT2D eigenvalue weighted by Gasteiger charge is 2.23. The fourth-order valence-corrected chi connectivity index (χ4v) is 2.26. The SMILES string of the molecule is CN1CCOC(c2nc(N)cc(-c3cnn(C)c3)n2)C1. The van der Waals surface area contributed by atoms with Gasteiger partial charge in [0.2, 0.25) is 0 Å². The van der Waals surface area contributed by atoms with E-state index in [4.69, 9.17) is 10.5 Å². The molecular weight excluding hydrogens is 256 g/mol. The molecule has 106 valence electrons. The first-order chi connectivity index (χ1) is 9.61. The lowest BCUT2D eigenvalue weighted by atomic mass is 10.2. The van der Waals surface area contributed by atoms with Gasteiger partial charge in [-0.1, -0.05) is 0 Å². The summed E-state index contributed by atoms with van der Waals surface area (Å²) in [4.78, 5) is 11.1. The molecule has 7 heteroatoms. The molecular formula is C13H18N6O. The number of hydrogen-bond donors (Lipinski definition) is 1. The van der Waals surface area contributed by atoms with Gasteiger partial charge in [0.25, 0.3) is 0 Å². The highest BCUT2D eigenvalue weighted by atomic mass is 16.5. The lowest BCUT2D eigenvalue weighted by Crippen LogP contribution is -2.36. The number of aryl methyl sites for hydroxylation is 1. The highest BCUT2D eigenvalue weighted by Crippen LogP contribution is 2.23. The molecule has 0 radical (unpaired) electrons. The van der Waals surface area contributed by atoms with Crippen LogP contribution in [0.5, 0.6) is 0 Å². The fourth-order valence-electron chi connectivity index (χ4n) is 2.26. The second kappa shape index (κ2) is 5.18. The van der Waals surface area contributed by atoms with E-state index >= 15 is 0 Å². The first-order valence-corrected chi connectivity index (χ1v) is 6.55. The molecule has 3 rings (SSSR count). The largest absolute Gasteiger partial charge is 0.384 e. The molecule has 1 saturated heterocycles. The number of rotatable bonds is 2. The van der Waals surface area contributed by atoms with Crippen LogP contribution in [0, 0.1) is 0 Å². The van der Waals surface area contributed by atoms with Crippen LogP contribution in [-0.2, 0) is 11.8 Å². The summed E-state index contributed by atoms with van der Waals surface area (Å²) in [6, 6.07) is 1.76. The Kier molecular flexibility index (Phi) is 3.37. The molecule has 7 nitrogen and oxygen atoms in total. The number of morpholine rings is 1. The average molecular weight is 274 g/mol. The maximum absolute atomic E-state index is 5.90. The summed E-state index contributed by atoms with van der Waals surface area (Å²) in [5.41, 5.74) is 7.60. The maximum Gasteiger partial charge on any atom is 0.161 e. The van der Waals surface area contributed by atoms with Crippen molar-refractivity contribution < 1.29 is 4.74 Å². The zero-order chi connectivity index (χ0) is 14.1. The summed E-state index contributed by atoms with van der Waals surface area (Å²) in [6.45, 7) is 2.38. The zero-order valence-corrected chi connectivity index (χ0v) is 11.7. The third kappa shape index (κ3) is 2.63. The van der Waals surface area contributed by atoms with Crippen molar-refractivity contribution in [1.82, 2.24) is 24.6 Å². The summed E-state index contributed by atoms with van der Waals surface area (Å²) in [7, 11) is 3.93. The summed E-state index contributed by atoms with van der Waals surface area (Å²) >= 11 is 0. The van der Waals surface area contributed by atoms with Gasteiger partial charge in [-0.25, -0.2) is 9.97 Å². The third-order valence-corrected chi connectivity index (χ3v) is 3.32. The Hall–Kier alpha value is -1.99. The number of likely N-dealkylation sites (N-methyl/N-ethyl adjacent to an activating group) is 1. The average Bonchev–Trinajstić information content (AvgIpc) is 2.85. The molecule has 2 N–H and O–H groups in total. The van der Waals surface area contributed by atoms with E-state index in [0.717, 1.165) is 24.3 Å². The van der Waals surface area contributed by atoms with Crippen LogP contribution in [-0.4, -0.2) is 51.4 Å². The predicted molar refractivity (Wildman–Crippen MR) is 74.8 cm³/mol. The molecule has 2 aromatic heterocycles. The van der Waals surface area contributed by atoms with Crippen LogP contribution in [0.3, 0.4) is 0 Å². The second-order valence-electron chi connectivity index (χ2n) is 5.06. The molecule has 0 spiro atoms. The monoisotopic (exact) mass is 274 g/mol. The molecule has 20 heavy (non-hydrogen) atoms. The van der Waals surface area contributed by atoms with Crippen LogP contribution in [0.25, 0.3) is 11.3 Å². The molecule has 3 heterocycles. The lowest BCUT2D eigenvalue weighted by Gasteiger charge is -2.29. The number of nitrogens with zero attached hydrogens (tertiary/aromatic N) is 5. The van der Waals surface area contributed by atoms with Crippen LogP contribution in [0.1, 0.15) is 11.9 Å². The van der Waals surface area contributed by atoms with E-state index in [1.54, 1.807) is 16.9 Å². The van der Waals surface area contributed by atoms with E-state index in [1.807, 2.05) is 13.2 Å². The molecule has 1 atom stereocenters. The van der Waals surface area contributed by atoms with Crippen LogP contribution in [0.4, 0.5) is 5.82 Å². The van der Waals surface area contributed by atoms with Gasteiger partial charge in [-0.3, -0.25) is 4.68 Å². The lowest BCUT2D eigenvalue weighted by molar-refractivity contribution is -0.0253. The summed E-state index contributed by atoms with van der Waals surface area (Å²) in [5.74, 6) is 1.08. The van der Waals surface area contributed by atoms with Gasteiger partial charge in [0.05, 0.1) is 18.5 Å². The third-order valence-electron chi connectivity index (χ3n) is 3.32. The molecule has 0 aromatic carbocycles. The van der Waals surface area contributed by atoms with E-state index in [9.17, 15) is 0 Å². The van der Waals surface area contributed by atoms with Crippen molar-refractivity contribution in [3.05, 3.63) is 24.3 Å². The molecule has 1 fully saturated rings. The topological polar surface area (TPSA) is 82.1 Å². The minimum absolute atomic E-state index is 0.132. The minimum atomic E-state index is -0.132. The van der Waals surface area contributed by atoms with Gasteiger partial charge in [-0.15, -0.1) is 0 Å². The molecule has 1 aliphatic rings. The molecule has 2 aromatic rings. The fraction of sp³-hybridized carbons (Fsp3) is 0.462. The zero-order valence-electron chi connectivity index (χ0n) is 11.7. The first-order valence-electron chi connectivity index (χ1n) is 6.55. The number of nitrogen functional groups attached to an aromatic ring is 1. The van der Waals surface area contributed by atoms with Crippen molar-refractivity contribution in [3.8, 4) is 11.3 Å². The molecule has 1 unspecified atom stereocenters. The molecule has 0 saturated carbocycles. The first kappa shape index (κ1) is 13.0. The quantitative estimate of drug-likeness (QED) is 0.857. The summed E-state index contributed by atoms with van der Waals surface area (Å²) in [6.07, 6.45) is 3.53. The van der Waals surface area contributed by atoms with Gasteiger partial charge < -0.3 is 15.4 Å². The van der Waals surface area contributed by atoms with Crippen molar-refractivity contribution >= 4 is 5.82 Å². The predicted octanol–water partition coefficient (Wildman–Crippen LogP) is 0.462. The van der Waals surface area contributed by atoms with E-state index in [1.165, 1.54) is 0 Å². The van der Waals surface area contributed by atoms with Gasteiger partial charge in [-0.2, -0.15) is 5.10 Å². The molecule has 0 aliphatic carbocycles. The van der Waals surface area contributed by atoms with Crippen molar-refractivity contribution in [1.29, 1.82) is 0 Å². The van der Waals surface area contributed by atoms with Crippen LogP contribution >= 0.6 is 0 Å². The smallest absolute Gasteiger partial charge is 0.161 e. The molecule has 0 amide bonds. The Morgan fingerprint density at radius 3 is 2.90 bits per heavy atom. The van der Waals surface area contributed by atoms with Gasteiger partial charge in [0, 0.05) is 38.0 Å². The Bertz CT molecular complexity index is 611. The van der Waals surface area contributed by atoms with Gasteiger partial charge in [0.1, 0.15) is 11.9 Å². The van der Waals surface area contributed by atoms with Crippen LogP contribution in [0.15, 0.2) is 18.5 Å². The van der Waals surface area contributed by atoms with E-state index in [-0.39, 0.29) is 6.10 Å². The number of hydrogen-bond acceptors (Lipinski definition) is 6. The molecule has 1 aliphatic heterocycles. The van der Waals surface area contributed by atoms with Crippen molar-refractivity contribution in [2.75, 3.05) is 32.5 Å². The van der Waals surface area contributed by atoms with E-state index < -0.39 is 0 Å². The summed E-state index contributed by atoms with van der Waals surface area (Å²) < 4.78 is 7.48. The minimum Gasteiger partial charge on any atom is -0.384 e. The maximum atomic E-state index is 5.90. The Morgan fingerprint density at radius 2 is 2.20 bits per heavy atom. The Labute approximate surface area is 117 Å². The Morgan fingerprint density at radius 1 is 1.35 bits per heavy atom. The van der Waals surface area contributed by atoms with E-state index in [0.29, 0.717) is 18.2 Å². The normalized spacial score (nSPS) is 20.2. The number of nitrogens with two attached hydrogens (primary N) is 1. The molecule has 0 bridgehead atoms. The number of ether oxygens (including phenoxy) is 1. The van der Waals surface area contributed by atoms with Crippen LogP contribution < -0.4 is 5.73 Å². The second-order valence-corrected chi connectivity index (χ2v) is 5.06. The summed E-state index contributed by atoms with van der Waals surface area (Å²) in [5, 5.41) is 4.15. The van der Waals surface area contributed by atoms with Gasteiger partial charge >= 0.3 is 0 Å². The standard InChI is InChI=1S/C13H18N6O/c1-18-3-4-20-11(8-18)13-16-10(5-12(14)17-13)9-6-15-19(2)7-9/h5-7,11H,3-4,8H2,1-2H3,(H2,14,16,17). The van der Waals surface area contributed by atoms with Crippen molar-refractivity contribution in [2.45, 2.75) is 6.10 Å². The number of anilines is 1.